The molecule has 4 rings (SSSR count). The molecule has 0 aromatic carbocycles. The SMILES string of the molecule is Cc1cc(NC(=O)N2CCC(c3ccncn3)CC2)cnc1N1CCCC[C@H]1C. The highest BCUT2D eigenvalue weighted by Crippen LogP contribution is 2.28. The van der Waals surface area contributed by atoms with Crippen molar-refractivity contribution in [2.45, 2.75) is 57.9 Å². The average Bonchev–Trinajstić information content (AvgIpc) is 2.75. The summed E-state index contributed by atoms with van der Waals surface area (Å²) >= 11 is 0. The van der Waals surface area contributed by atoms with Gasteiger partial charge in [-0.2, -0.15) is 0 Å². The van der Waals surface area contributed by atoms with Crippen molar-refractivity contribution in [1.82, 2.24) is 19.9 Å². The Labute approximate surface area is 172 Å². The number of amides is 2. The number of pyridine rings is 1. The number of nitrogens with one attached hydrogen (secondary N) is 1. The van der Waals surface area contributed by atoms with Crippen LogP contribution in [0, 0.1) is 6.92 Å². The highest BCUT2D eigenvalue weighted by Gasteiger charge is 2.25. The van der Waals surface area contributed by atoms with Crippen LogP contribution in [0.1, 0.15) is 56.2 Å². The molecule has 1 atom stereocenters. The van der Waals surface area contributed by atoms with E-state index in [9.17, 15) is 4.79 Å². The standard InChI is InChI=1S/C22H30N6O/c1-16-13-19(14-24-21(16)28-10-4-3-5-17(28)2)26-22(29)27-11-7-18(8-12-27)20-6-9-23-15-25-20/h6,9,13-15,17-18H,3-5,7-8,10-12H2,1-2H3,(H,26,29)/t17-/m1/s1. The van der Waals surface area contributed by atoms with E-state index in [1.165, 1.54) is 19.3 Å². The van der Waals surface area contributed by atoms with Gasteiger partial charge in [0.25, 0.3) is 0 Å². The molecular weight excluding hydrogens is 364 g/mol. The van der Waals surface area contributed by atoms with E-state index in [2.05, 4.69) is 39.0 Å². The van der Waals surface area contributed by atoms with Crippen molar-refractivity contribution in [2.24, 2.45) is 0 Å². The predicted octanol–water partition coefficient (Wildman–Crippen LogP) is 3.97. The Kier molecular flexibility index (Phi) is 5.92. The fourth-order valence-electron chi connectivity index (χ4n) is 4.47. The Bertz CT molecular complexity index is 834. The summed E-state index contributed by atoms with van der Waals surface area (Å²) in [6.07, 6.45) is 10.7. The van der Waals surface area contributed by atoms with Gasteiger partial charge in [0.05, 0.1) is 11.9 Å². The van der Waals surface area contributed by atoms with Gasteiger partial charge < -0.3 is 15.1 Å². The van der Waals surface area contributed by atoms with E-state index in [0.29, 0.717) is 12.0 Å². The quantitative estimate of drug-likeness (QED) is 0.853. The second-order valence-corrected chi connectivity index (χ2v) is 8.23. The molecule has 7 heteroatoms. The second kappa shape index (κ2) is 8.76. The number of aromatic nitrogens is 3. The van der Waals surface area contributed by atoms with Gasteiger partial charge in [0.2, 0.25) is 0 Å². The number of hydrogen-bond acceptors (Lipinski definition) is 5. The third kappa shape index (κ3) is 4.49. The van der Waals surface area contributed by atoms with Crippen LogP contribution >= 0.6 is 0 Å². The minimum absolute atomic E-state index is 0.0496. The number of anilines is 2. The van der Waals surface area contributed by atoms with Crippen LogP contribution < -0.4 is 10.2 Å². The van der Waals surface area contributed by atoms with Gasteiger partial charge >= 0.3 is 6.03 Å². The van der Waals surface area contributed by atoms with Crippen LogP contribution in [0.25, 0.3) is 0 Å². The van der Waals surface area contributed by atoms with Crippen molar-refractivity contribution in [3.8, 4) is 0 Å². The van der Waals surface area contributed by atoms with Gasteiger partial charge in [0, 0.05) is 43.5 Å². The first-order valence-corrected chi connectivity index (χ1v) is 10.7. The van der Waals surface area contributed by atoms with E-state index < -0.39 is 0 Å². The van der Waals surface area contributed by atoms with Crippen LogP contribution in [0.4, 0.5) is 16.3 Å². The number of carbonyl (C=O) groups excluding carboxylic acids is 1. The molecule has 0 unspecified atom stereocenters. The molecule has 1 N–H and O–H groups in total. The van der Waals surface area contributed by atoms with Crippen molar-refractivity contribution >= 4 is 17.5 Å². The zero-order valence-corrected chi connectivity index (χ0v) is 17.3. The van der Waals surface area contributed by atoms with Crippen LogP contribution in [-0.4, -0.2) is 51.6 Å². The van der Waals surface area contributed by atoms with Crippen LogP contribution in [-0.2, 0) is 0 Å². The van der Waals surface area contributed by atoms with E-state index in [4.69, 9.17) is 0 Å². The molecule has 0 aliphatic carbocycles. The minimum atomic E-state index is -0.0496. The van der Waals surface area contributed by atoms with E-state index >= 15 is 0 Å². The summed E-state index contributed by atoms with van der Waals surface area (Å²) < 4.78 is 0. The van der Waals surface area contributed by atoms with Crippen LogP contribution in [0.3, 0.4) is 0 Å². The van der Waals surface area contributed by atoms with E-state index in [1.807, 2.05) is 17.0 Å². The fraction of sp³-hybridized carbons (Fsp3) is 0.545. The molecule has 2 amide bonds. The maximum atomic E-state index is 12.7. The second-order valence-electron chi connectivity index (χ2n) is 8.23. The van der Waals surface area contributed by atoms with Gasteiger partial charge in [-0.15, -0.1) is 0 Å². The number of aryl methyl sites for hydroxylation is 1. The summed E-state index contributed by atoms with van der Waals surface area (Å²) in [5.41, 5.74) is 2.94. The third-order valence-corrected chi connectivity index (χ3v) is 6.18. The molecule has 2 aliphatic rings. The smallest absolute Gasteiger partial charge is 0.321 e. The molecule has 7 nitrogen and oxygen atoms in total. The number of rotatable bonds is 3. The Hall–Kier alpha value is -2.70. The number of nitrogens with zero attached hydrogens (tertiary/aromatic N) is 5. The van der Waals surface area contributed by atoms with Crippen molar-refractivity contribution < 1.29 is 4.79 Å². The zero-order chi connectivity index (χ0) is 20.2. The Morgan fingerprint density at radius 1 is 1.14 bits per heavy atom. The average molecular weight is 395 g/mol. The fourth-order valence-corrected chi connectivity index (χ4v) is 4.47. The van der Waals surface area contributed by atoms with Crippen LogP contribution in [0.15, 0.2) is 30.9 Å². The van der Waals surface area contributed by atoms with E-state index in [-0.39, 0.29) is 6.03 Å². The molecule has 2 aromatic heterocycles. The van der Waals surface area contributed by atoms with Gasteiger partial charge in [-0.05, 0) is 63.6 Å². The van der Waals surface area contributed by atoms with Gasteiger partial charge in [-0.1, -0.05) is 0 Å². The van der Waals surface area contributed by atoms with Crippen molar-refractivity contribution in [2.75, 3.05) is 29.9 Å². The monoisotopic (exact) mass is 394 g/mol. The molecule has 0 spiro atoms. The largest absolute Gasteiger partial charge is 0.354 e. The number of hydrogen-bond donors (Lipinski definition) is 1. The molecule has 0 bridgehead atoms. The van der Waals surface area contributed by atoms with Crippen LogP contribution in [0.2, 0.25) is 0 Å². The molecule has 2 fully saturated rings. The summed E-state index contributed by atoms with van der Waals surface area (Å²) in [6.45, 7) is 6.86. The molecule has 2 aliphatic heterocycles. The maximum Gasteiger partial charge on any atom is 0.321 e. The third-order valence-electron chi connectivity index (χ3n) is 6.18. The van der Waals surface area contributed by atoms with Gasteiger partial charge in [-0.3, -0.25) is 0 Å². The highest BCUT2D eigenvalue weighted by molar-refractivity contribution is 5.89. The van der Waals surface area contributed by atoms with Gasteiger partial charge in [-0.25, -0.2) is 19.7 Å². The highest BCUT2D eigenvalue weighted by atomic mass is 16.2. The predicted molar refractivity (Wildman–Crippen MR) is 114 cm³/mol. The summed E-state index contributed by atoms with van der Waals surface area (Å²) in [4.78, 5) is 30.0. The van der Waals surface area contributed by atoms with E-state index in [1.54, 1.807) is 18.7 Å². The van der Waals surface area contributed by atoms with Crippen LogP contribution in [0.5, 0.6) is 0 Å². The number of carbonyl (C=O) groups is 1. The lowest BCUT2D eigenvalue weighted by Gasteiger charge is -2.35. The summed E-state index contributed by atoms with van der Waals surface area (Å²) in [7, 11) is 0. The Balaban J connectivity index is 1.35. The first kappa shape index (κ1) is 19.6. The van der Waals surface area contributed by atoms with Crippen molar-refractivity contribution in [3.05, 3.63) is 42.1 Å². The van der Waals surface area contributed by atoms with Crippen molar-refractivity contribution in [1.29, 1.82) is 0 Å². The maximum absolute atomic E-state index is 12.7. The Morgan fingerprint density at radius 3 is 2.66 bits per heavy atom. The molecule has 154 valence electrons. The lowest BCUT2D eigenvalue weighted by Crippen LogP contribution is -2.41. The molecule has 2 aromatic rings. The Morgan fingerprint density at radius 2 is 1.97 bits per heavy atom. The number of urea groups is 1. The molecule has 29 heavy (non-hydrogen) atoms. The first-order valence-electron chi connectivity index (χ1n) is 10.7. The number of piperidine rings is 2. The molecule has 2 saturated heterocycles. The van der Waals surface area contributed by atoms with E-state index in [0.717, 1.165) is 55.2 Å². The van der Waals surface area contributed by atoms with Crippen molar-refractivity contribution in [3.63, 3.8) is 0 Å². The normalized spacial score (nSPS) is 20.6. The summed E-state index contributed by atoms with van der Waals surface area (Å²) in [5.74, 6) is 1.44. The molecular formula is C22H30N6O. The summed E-state index contributed by atoms with van der Waals surface area (Å²) in [5, 5.41) is 3.03. The topological polar surface area (TPSA) is 74.2 Å². The van der Waals surface area contributed by atoms with Gasteiger partial charge in [0.15, 0.2) is 0 Å². The molecule has 0 radical (unpaired) electrons. The lowest BCUT2D eigenvalue weighted by molar-refractivity contribution is 0.194. The zero-order valence-electron chi connectivity index (χ0n) is 17.3. The first-order chi connectivity index (χ1) is 14.1. The molecule has 4 heterocycles. The molecule has 0 saturated carbocycles. The number of likely N-dealkylation sites (tertiary alicyclic amines) is 1. The minimum Gasteiger partial charge on any atom is -0.354 e. The van der Waals surface area contributed by atoms with Gasteiger partial charge in [0.1, 0.15) is 12.1 Å². The summed E-state index contributed by atoms with van der Waals surface area (Å²) in [6, 6.07) is 4.48. The lowest BCUT2D eigenvalue weighted by atomic mass is 9.93.